The lowest BCUT2D eigenvalue weighted by atomic mass is 10.1. The van der Waals surface area contributed by atoms with Crippen LogP contribution in [0, 0.1) is 0 Å². The average Bonchev–Trinajstić information content (AvgIpc) is 2.54. The van der Waals surface area contributed by atoms with E-state index in [1.54, 1.807) is 0 Å². The summed E-state index contributed by atoms with van der Waals surface area (Å²) < 4.78 is 10.7. The Labute approximate surface area is 171 Å². The van der Waals surface area contributed by atoms with Crippen LogP contribution in [-0.4, -0.2) is 34.7 Å². The summed E-state index contributed by atoms with van der Waals surface area (Å²) in [4.78, 5) is 24.6. The third-order valence-corrected chi connectivity index (χ3v) is 7.30. The van der Waals surface area contributed by atoms with Crippen LogP contribution in [0.4, 0.5) is 0 Å². The first-order chi connectivity index (χ1) is 11.1. The standard InChI is InChI=1S/C14H10Br4O6/c1-3-5(19)23-13(21)7-8(14(22)24-6(20)4-2)10(16)12(18)11(17)9(7)15/h3-6,19-20H,1-2H2. The van der Waals surface area contributed by atoms with Gasteiger partial charge in [0.25, 0.3) is 0 Å². The summed E-state index contributed by atoms with van der Waals surface area (Å²) in [6.07, 6.45) is -1.14. The summed E-state index contributed by atoms with van der Waals surface area (Å²) in [7, 11) is 0. The lowest BCUT2D eigenvalue weighted by Crippen LogP contribution is -2.22. The van der Waals surface area contributed by atoms with E-state index in [0.29, 0.717) is 8.95 Å². The van der Waals surface area contributed by atoms with Gasteiger partial charge in [-0.1, -0.05) is 13.2 Å². The molecule has 10 heteroatoms. The molecule has 1 rings (SSSR count). The van der Waals surface area contributed by atoms with Crippen LogP contribution in [0.1, 0.15) is 20.7 Å². The number of rotatable bonds is 6. The molecule has 0 aliphatic rings. The van der Waals surface area contributed by atoms with Crippen LogP contribution in [0.25, 0.3) is 0 Å². The van der Waals surface area contributed by atoms with Crippen LogP contribution >= 0.6 is 63.7 Å². The van der Waals surface area contributed by atoms with Crippen molar-refractivity contribution in [2.45, 2.75) is 12.6 Å². The predicted octanol–water partition coefficient (Wildman–Crippen LogP) is 4.06. The molecule has 0 saturated heterocycles. The van der Waals surface area contributed by atoms with Gasteiger partial charge in [-0.15, -0.1) is 0 Å². The van der Waals surface area contributed by atoms with Crippen molar-refractivity contribution >= 4 is 75.7 Å². The normalized spacial score (nSPS) is 12.9. The van der Waals surface area contributed by atoms with Crippen LogP contribution in [0.2, 0.25) is 0 Å². The molecule has 0 aromatic heterocycles. The molecule has 2 unspecified atom stereocenters. The Hall–Kier alpha value is -0.520. The summed E-state index contributed by atoms with van der Waals surface area (Å²) in [6, 6.07) is 0. The number of carbonyl (C=O) groups is 2. The molecule has 0 saturated carbocycles. The molecule has 2 atom stereocenters. The van der Waals surface area contributed by atoms with Gasteiger partial charge in [-0.3, -0.25) is 0 Å². The van der Waals surface area contributed by atoms with Gasteiger partial charge in [0.2, 0.25) is 12.6 Å². The molecule has 0 fully saturated rings. The van der Waals surface area contributed by atoms with E-state index in [0.717, 1.165) is 12.2 Å². The van der Waals surface area contributed by atoms with Gasteiger partial charge in [-0.05, 0) is 75.9 Å². The molecule has 0 aliphatic carbocycles. The number of aliphatic hydroxyl groups excluding tert-OH is 2. The van der Waals surface area contributed by atoms with Gasteiger partial charge < -0.3 is 19.7 Å². The maximum atomic E-state index is 12.3. The van der Waals surface area contributed by atoms with Crippen LogP contribution < -0.4 is 0 Å². The molecule has 24 heavy (non-hydrogen) atoms. The minimum absolute atomic E-state index is 0.180. The smallest absolute Gasteiger partial charge is 0.342 e. The highest BCUT2D eigenvalue weighted by Crippen LogP contribution is 2.42. The first-order valence-electron chi connectivity index (χ1n) is 6.04. The lowest BCUT2D eigenvalue weighted by Gasteiger charge is -2.17. The molecule has 1 aromatic carbocycles. The van der Waals surface area contributed by atoms with Crippen molar-refractivity contribution in [1.82, 2.24) is 0 Å². The Kier molecular flexibility index (Phi) is 8.30. The largest absolute Gasteiger partial charge is 0.429 e. The fourth-order valence-electron chi connectivity index (χ4n) is 1.45. The molecule has 0 radical (unpaired) electrons. The number of esters is 2. The maximum Gasteiger partial charge on any atom is 0.342 e. The first-order valence-corrected chi connectivity index (χ1v) is 9.22. The second kappa shape index (κ2) is 9.25. The van der Waals surface area contributed by atoms with Crippen molar-refractivity contribution in [2.75, 3.05) is 0 Å². The number of carbonyl (C=O) groups excluding carboxylic acids is 2. The lowest BCUT2D eigenvalue weighted by molar-refractivity contribution is -0.0391. The number of ether oxygens (including phenoxy) is 2. The van der Waals surface area contributed by atoms with Crippen molar-refractivity contribution in [3.05, 3.63) is 54.3 Å². The second-order valence-corrected chi connectivity index (χ2v) is 7.24. The zero-order valence-electron chi connectivity index (χ0n) is 11.8. The second-order valence-electron chi connectivity index (χ2n) is 4.07. The summed E-state index contributed by atoms with van der Waals surface area (Å²) in [5.74, 6) is -2.02. The van der Waals surface area contributed by atoms with E-state index in [4.69, 9.17) is 9.47 Å². The van der Waals surface area contributed by atoms with E-state index in [1.807, 2.05) is 0 Å². The van der Waals surface area contributed by atoms with Gasteiger partial charge in [-0.25, -0.2) is 9.59 Å². The summed E-state index contributed by atoms with van der Waals surface area (Å²) in [5, 5.41) is 18.8. The average molecular weight is 594 g/mol. The van der Waals surface area contributed by atoms with Crippen LogP contribution in [-0.2, 0) is 9.47 Å². The summed E-state index contributed by atoms with van der Waals surface area (Å²) >= 11 is 12.9. The minimum atomic E-state index is -1.56. The van der Waals surface area contributed by atoms with E-state index in [9.17, 15) is 19.8 Å². The third-order valence-electron chi connectivity index (χ3n) is 2.53. The Morgan fingerprint density at radius 1 is 0.792 bits per heavy atom. The van der Waals surface area contributed by atoms with Gasteiger partial charge in [0.15, 0.2) is 0 Å². The molecule has 0 heterocycles. The highest BCUT2D eigenvalue weighted by Gasteiger charge is 2.31. The molecule has 0 bridgehead atoms. The van der Waals surface area contributed by atoms with Crippen molar-refractivity contribution in [2.24, 2.45) is 0 Å². The fraction of sp³-hybridized carbons (Fsp3) is 0.143. The van der Waals surface area contributed by atoms with E-state index in [-0.39, 0.29) is 20.1 Å². The molecule has 0 amide bonds. The minimum Gasteiger partial charge on any atom is -0.429 e. The highest BCUT2D eigenvalue weighted by atomic mass is 79.9. The number of benzene rings is 1. The molecular weight excluding hydrogens is 584 g/mol. The Morgan fingerprint density at radius 2 is 1.08 bits per heavy atom. The van der Waals surface area contributed by atoms with Gasteiger partial charge in [0, 0.05) is 17.9 Å². The molecule has 130 valence electrons. The van der Waals surface area contributed by atoms with E-state index in [1.165, 1.54) is 0 Å². The monoisotopic (exact) mass is 590 g/mol. The predicted molar refractivity (Wildman–Crippen MR) is 100 cm³/mol. The SMILES string of the molecule is C=CC(O)OC(=O)c1c(Br)c(Br)c(Br)c(Br)c1C(=O)OC(O)C=C. The molecular formula is C14H10Br4O6. The van der Waals surface area contributed by atoms with Crippen LogP contribution in [0.15, 0.2) is 43.2 Å². The molecule has 1 aromatic rings. The quantitative estimate of drug-likeness (QED) is 0.170. The molecule has 6 nitrogen and oxygen atoms in total. The van der Waals surface area contributed by atoms with Crippen molar-refractivity contribution in [3.8, 4) is 0 Å². The van der Waals surface area contributed by atoms with Crippen LogP contribution in [0.3, 0.4) is 0 Å². The molecule has 0 aliphatic heterocycles. The Morgan fingerprint density at radius 3 is 1.33 bits per heavy atom. The Balaban J connectivity index is 3.54. The number of hydrogen-bond acceptors (Lipinski definition) is 6. The van der Waals surface area contributed by atoms with Crippen molar-refractivity contribution in [1.29, 1.82) is 0 Å². The van der Waals surface area contributed by atoms with E-state index in [2.05, 4.69) is 76.9 Å². The van der Waals surface area contributed by atoms with Gasteiger partial charge >= 0.3 is 11.9 Å². The maximum absolute atomic E-state index is 12.3. The van der Waals surface area contributed by atoms with Crippen molar-refractivity contribution < 1.29 is 29.3 Å². The highest BCUT2D eigenvalue weighted by molar-refractivity contribution is 9.15. The van der Waals surface area contributed by atoms with E-state index >= 15 is 0 Å². The van der Waals surface area contributed by atoms with Crippen LogP contribution in [0.5, 0.6) is 0 Å². The fourth-order valence-corrected chi connectivity index (χ4v) is 3.89. The number of halogens is 4. The van der Waals surface area contributed by atoms with Crippen molar-refractivity contribution in [3.63, 3.8) is 0 Å². The summed E-state index contributed by atoms with van der Waals surface area (Å²) in [5.41, 5.74) is -0.446. The third kappa shape index (κ3) is 4.77. The number of hydrogen-bond donors (Lipinski definition) is 2. The first kappa shape index (κ1) is 21.5. The zero-order chi connectivity index (χ0) is 18.6. The number of aliphatic hydroxyl groups is 2. The summed E-state index contributed by atoms with van der Waals surface area (Å²) in [6.45, 7) is 6.57. The molecule has 0 spiro atoms. The zero-order valence-corrected chi connectivity index (χ0v) is 18.1. The van der Waals surface area contributed by atoms with E-state index < -0.39 is 24.5 Å². The topological polar surface area (TPSA) is 93.1 Å². The van der Waals surface area contributed by atoms with Gasteiger partial charge in [0.1, 0.15) is 0 Å². The van der Waals surface area contributed by atoms with Gasteiger partial charge in [0.05, 0.1) is 11.1 Å². The molecule has 2 N–H and O–H groups in total. The Bertz CT molecular complexity index is 644. The van der Waals surface area contributed by atoms with Gasteiger partial charge in [-0.2, -0.15) is 0 Å².